The summed E-state index contributed by atoms with van der Waals surface area (Å²) in [5.74, 6) is 0.276. The molecule has 0 spiro atoms. The molecule has 0 aromatic heterocycles. The molecule has 144 valence electrons. The molecule has 2 aromatic rings. The number of methoxy groups -OCH3 is 1. The van der Waals surface area contributed by atoms with E-state index in [-0.39, 0.29) is 0 Å². The summed E-state index contributed by atoms with van der Waals surface area (Å²) in [6.45, 7) is 7.47. The van der Waals surface area contributed by atoms with Crippen molar-refractivity contribution in [3.63, 3.8) is 0 Å². The molecule has 0 saturated heterocycles. The van der Waals surface area contributed by atoms with Gasteiger partial charge < -0.3 is 14.2 Å². The van der Waals surface area contributed by atoms with Gasteiger partial charge in [-0.25, -0.2) is 14.5 Å². The molecule has 2 aromatic carbocycles. The number of hydrogen-bond acceptors (Lipinski definition) is 5. The van der Waals surface area contributed by atoms with Gasteiger partial charge in [0.2, 0.25) is 0 Å². The number of rotatable bonds is 5. The third-order valence-electron chi connectivity index (χ3n) is 3.54. The van der Waals surface area contributed by atoms with Crippen molar-refractivity contribution in [3.8, 4) is 5.75 Å². The van der Waals surface area contributed by atoms with Gasteiger partial charge in [0.25, 0.3) is 0 Å². The van der Waals surface area contributed by atoms with Gasteiger partial charge in [-0.3, -0.25) is 0 Å². The maximum Gasteiger partial charge on any atom is 0.419 e. The average Bonchev–Trinajstić information content (AvgIpc) is 2.62. The molecule has 27 heavy (non-hydrogen) atoms. The highest BCUT2D eigenvalue weighted by molar-refractivity contribution is 5.97. The Morgan fingerprint density at radius 3 is 1.89 bits per heavy atom. The minimum atomic E-state index is -0.646. The van der Waals surface area contributed by atoms with Gasteiger partial charge in [-0.15, -0.1) is 0 Å². The van der Waals surface area contributed by atoms with Crippen molar-refractivity contribution in [1.82, 2.24) is 0 Å². The van der Waals surface area contributed by atoms with Crippen molar-refractivity contribution >= 4 is 23.4 Å². The monoisotopic (exact) mass is 371 g/mol. The first kappa shape index (κ1) is 20.3. The van der Waals surface area contributed by atoms with E-state index in [1.807, 2.05) is 0 Å². The van der Waals surface area contributed by atoms with Crippen LogP contribution in [0.1, 0.15) is 38.1 Å². The van der Waals surface area contributed by atoms with E-state index in [4.69, 9.17) is 14.2 Å². The molecule has 0 aliphatic carbocycles. The summed E-state index contributed by atoms with van der Waals surface area (Å²) < 4.78 is 15.7. The predicted molar refractivity (Wildman–Crippen MR) is 104 cm³/mol. The predicted octanol–water partition coefficient (Wildman–Crippen LogP) is 4.95. The fraction of sp³-hybridized carbons (Fsp3) is 0.333. The number of carbonyl (C=O) groups excluding carboxylic acids is 2. The number of carbonyl (C=O) groups is 2. The second kappa shape index (κ2) is 8.58. The molecule has 0 N–H and O–H groups in total. The lowest BCUT2D eigenvalue weighted by molar-refractivity contribution is 0.0525. The molecule has 6 nitrogen and oxygen atoms in total. The molecular weight excluding hydrogens is 346 g/mol. The first-order valence-corrected chi connectivity index (χ1v) is 8.69. The summed E-state index contributed by atoms with van der Waals surface area (Å²) in [6, 6.07) is 13.7. The van der Waals surface area contributed by atoms with E-state index in [9.17, 15) is 9.59 Å². The van der Waals surface area contributed by atoms with Crippen molar-refractivity contribution in [2.45, 2.75) is 33.3 Å². The van der Waals surface area contributed by atoms with E-state index >= 15 is 0 Å². The van der Waals surface area contributed by atoms with Crippen LogP contribution in [0.2, 0.25) is 0 Å². The molecule has 0 fully saturated rings. The lowest BCUT2D eigenvalue weighted by Gasteiger charge is -2.27. The van der Waals surface area contributed by atoms with E-state index in [1.165, 1.54) is 4.90 Å². The van der Waals surface area contributed by atoms with E-state index in [0.29, 0.717) is 29.3 Å². The molecule has 0 aliphatic heterocycles. The molecule has 0 bridgehead atoms. The Morgan fingerprint density at radius 2 is 1.44 bits per heavy atom. The number of anilines is 2. The summed E-state index contributed by atoms with van der Waals surface area (Å²) in [5.41, 5.74) is 0.961. The lowest BCUT2D eigenvalue weighted by Crippen LogP contribution is -2.33. The average molecular weight is 371 g/mol. The van der Waals surface area contributed by atoms with Crippen LogP contribution < -0.4 is 9.64 Å². The first-order chi connectivity index (χ1) is 12.7. The molecular formula is C21H25NO5. The Bertz CT molecular complexity index is 776. The molecule has 0 unspecified atom stereocenters. The summed E-state index contributed by atoms with van der Waals surface area (Å²) in [5, 5.41) is 0. The smallest absolute Gasteiger partial charge is 0.419 e. The second-order valence-electron chi connectivity index (χ2n) is 6.78. The first-order valence-electron chi connectivity index (χ1n) is 8.69. The van der Waals surface area contributed by atoms with Crippen molar-refractivity contribution in [2.75, 3.05) is 18.6 Å². The zero-order valence-electron chi connectivity index (χ0n) is 16.3. The number of hydrogen-bond donors (Lipinski definition) is 0. The van der Waals surface area contributed by atoms with Crippen LogP contribution in [0.4, 0.5) is 16.2 Å². The van der Waals surface area contributed by atoms with Gasteiger partial charge in [-0.1, -0.05) is 0 Å². The number of amides is 1. The fourth-order valence-electron chi connectivity index (χ4n) is 2.36. The molecule has 0 heterocycles. The second-order valence-corrected chi connectivity index (χ2v) is 6.78. The van der Waals surface area contributed by atoms with Gasteiger partial charge in [0.1, 0.15) is 11.4 Å². The van der Waals surface area contributed by atoms with Gasteiger partial charge in [0.05, 0.1) is 30.7 Å². The van der Waals surface area contributed by atoms with Gasteiger partial charge in [0.15, 0.2) is 0 Å². The summed E-state index contributed by atoms with van der Waals surface area (Å²) >= 11 is 0. The van der Waals surface area contributed by atoms with Crippen molar-refractivity contribution in [2.24, 2.45) is 0 Å². The Hall–Kier alpha value is -3.02. The zero-order chi connectivity index (χ0) is 20.0. The highest BCUT2D eigenvalue weighted by Gasteiger charge is 2.25. The van der Waals surface area contributed by atoms with Crippen LogP contribution in [-0.2, 0) is 9.47 Å². The van der Waals surface area contributed by atoms with Crippen LogP contribution >= 0.6 is 0 Å². The van der Waals surface area contributed by atoms with Crippen molar-refractivity contribution in [1.29, 1.82) is 0 Å². The molecule has 2 rings (SSSR count). The largest absolute Gasteiger partial charge is 0.497 e. The molecule has 0 saturated carbocycles. The van der Waals surface area contributed by atoms with Gasteiger partial charge in [0, 0.05) is 0 Å². The van der Waals surface area contributed by atoms with Gasteiger partial charge in [-0.05, 0) is 76.2 Å². The third kappa shape index (κ3) is 5.48. The number of nitrogens with zero attached hydrogens (tertiary/aromatic N) is 1. The van der Waals surface area contributed by atoms with Crippen LogP contribution in [0.3, 0.4) is 0 Å². The highest BCUT2D eigenvalue weighted by Crippen LogP contribution is 2.29. The molecule has 0 atom stereocenters. The van der Waals surface area contributed by atoms with Crippen LogP contribution in [0, 0.1) is 0 Å². The van der Waals surface area contributed by atoms with Crippen LogP contribution in [-0.4, -0.2) is 31.4 Å². The lowest BCUT2D eigenvalue weighted by atomic mass is 10.1. The van der Waals surface area contributed by atoms with E-state index in [1.54, 1.807) is 83.3 Å². The zero-order valence-corrected chi connectivity index (χ0v) is 16.3. The fourth-order valence-corrected chi connectivity index (χ4v) is 2.36. The number of benzene rings is 2. The normalized spacial score (nSPS) is 10.9. The SMILES string of the molecule is CCOC(=O)c1ccc(N(C(=O)OC(C)(C)C)c2ccc(OC)cc2)cc1. The van der Waals surface area contributed by atoms with Crippen LogP contribution in [0.15, 0.2) is 48.5 Å². The number of ether oxygens (including phenoxy) is 3. The highest BCUT2D eigenvalue weighted by atomic mass is 16.6. The van der Waals surface area contributed by atoms with E-state index in [0.717, 1.165) is 0 Å². The minimum absolute atomic E-state index is 0.302. The molecule has 0 radical (unpaired) electrons. The quantitative estimate of drug-likeness (QED) is 0.696. The van der Waals surface area contributed by atoms with E-state index in [2.05, 4.69) is 0 Å². The topological polar surface area (TPSA) is 65.1 Å². The molecule has 6 heteroatoms. The summed E-state index contributed by atoms with van der Waals surface area (Å²) in [7, 11) is 1.58. The summed E-state index contributed by atoms with van der Waals surface area (Å²) in [6.07, 6.45) is -0.517. The maximum absolute atomic E-state index is 12.8. The van der Waals surface area contributed by atoms with Crippen molar-refractivity contribution < 1.29 is 23.8 Å². The summed E-state index contributed by atoms with van der Waals surface area (Å²) in [4.78, 5) is 26.1. The Kier molecular flexibility index (Phi) is 6.45. The Labute approximate surface area is 159 Å². The van der Waals surface area contributed by atoms with Crippen LogP contribution in [0.5, 0.6) is 5.75 Å². The standard InChI is InChI=1S/C21H25NO5/c1-6-26-19(23)15-7-9-16(10-8-15)22(20(24)27-21(2,3)4)17-11-13-18(25-5)14-12-17/h7-14H,6H2,1-5H3. The van der Waals surface area contributed by atoms with Crippen LogP contribution in [0.25, 0.3) is 0 Å². The Morgan fingerprint density at radius 1 is 0.926 bits per heavy atom. The maximum atomic E-state index is 12.8. The van der Waals surface area contributed by atoms with Gasteiger partial charge in [-0.2, -0.15) is 0 Å². The number of esters is 1. The minimum Gasteiger partial charge on any atom is -0.497 e. The Balaban J connectivity index is 2.39. The molecule has 1 amide bonds. The third-order valence-corrected chi connectivity index (χ3v) is 3.54. The van der Waals surface area contributed by atoms with Gasteiger partial charge >= 0.3 is 12.1 Å². The molecule has 0 aliphatic rings. The van der Waals surface area contributed by atoms with E-state index < -0.39 is 17.7 Å². The van der Waals surface area contributed by atoms with Crippen molar-refractivity contribution in [3.05, 3.63) is 54.1 Å².